The zero-order valence-corrected chi connectivity index (χ0v) is 23.1. The van der Waals surface area contributed by atoms with Crippen molar-refractivity contribution in [1.29, 1.82) is 0 Å². The van der Waals surface area contributed by atoms with Crippen LogP contribution in [0.1, 0.15) is 59.5 Å². The van der Waals surface area contributed by atoms with E-state index in [1.807, 2.05) is 38.1 Å². The maximum absolute atomic E-state index is 13.6. The Labute approximate surface area is 230 Å². The quantitative estimate of drug-likeness (QED) is 0.248. The molecule has 1 amide bonds. The molecule has 0 saturated heterocycles. The first-order valence-corrected chi connectivity index (χ1v) is 14.1. The number of ether oxygens (including phenoxy) is 2. The van der Waals surface area contributed by atoms with Gasteiger partial charge in [-0.15, -0.1) is 11.3 Å². The Hall–Kier alpha value is -3.91. The van der Waals surface area contributed by atoms with E-state index < -0.39 is 18.0 Å². The Balaban J connectivity index is 1.51. The fourth-order valence-corrected chi connectivity index (χ4v) is 6.14. The summed E-state index contributed by atoms with van der Waals surface area (Å²) in [6.07, 6.45) is 2.99. The first-order chi connectivity index (χ1) is 18.9. The minimum absolute atomic E-state index is 0.0179. The molecule has 8 heteroatoms. The lowest BCUT2D eigenvalue weighted by atomic mass is 9.95. The van der Waals surface area contributed by atoms with E-state index in [4.69, 9.17) is 13.9 Å². The SMILES string of the molecule is CCOC(=O)c1c(NC(=O)C(CC)Oc2c(-c3ccc(C)cc3)oc3ccccc3c2=O)sc2c1CCCC2. The van der Waals surface area contributed by atoms with Crippen molar-refractivity contribution in [2.75, 3.05) is 11.9 Å². The lowest BCUT2D eigenvalue weighted by molar-refractivity contribution is -0.122. The van der Waals surface area contributed by atoms with Crippen LogP contribution in [0.25, 0.3) is 22.3 Å². The molecule has 1 atom stereocenters. The van der Waals surface area contributed by atoms with E-state index >= 15 is 0 Å². The van der Waals surface area contributed by atoms with Crippen molar-refractivity contribution in [1.82, 2.24) is 0 Å². The third kappa shape index (κ3) is 5.34. The summed E-state index contributed by atoms with van der Waals surface area (Å²) in [7, 11) is 0. The average molecular weight is 546 g/mol. The van der Waals surface area contributed by atoms with Gasteiger partial charge in [0.05, 0.1) is 17.6 Å². The predicted octanol–water partition coefficient (Wildman–Crippen LogP) is 6.68. The summed E-state index contributed by atoms with van der Waals surface area (Å²) in [6, 6.07) is 14.5. The molecule has 0 aliphatic heterocycles. The van der Waals surface area contributed by atoms with E-state index in [1.165, 1.54) is 11.3 Å². The summed E-state index contributed by atoms with van der Waals surface area (Å²) >= 11 is 1.42. The number of carbonyl (C=O) groups is 2. The fraction of sp³-hybridized carbons (Fsp3) is 0.323. The average Bonchev–Trinajstić information content (AvgIpc) is 3.31. The molecule has 1 unspecified atom stereocenters. The van der Waals surface area contributed by atoms with Crippen LogP contribution in [0.15, 0.2) is 57.7 Å². The highest BCUT2D eigenvalue weighted by molar-refractivity contribution is 7.17. The number of para-hydroxylation sites is 1. The first-order valence-electron chi connectivity index (χ1n) is 13.3. The largest absolute Gasteiger partial charge is 0.473 e. The van der Waals surface area contributed by atoms with Crippen LogP contribution < -0.4 is 15.5 Å². The van der Waals surface area contributed by atoms with Gasteiger partial charge in [0.2, 0.25) is 11.2 Å². The summed E-state index contributed by atoms with van der Waals surface area (Å²) in [5.74, 6) is -0.624. The van der Waals surface area contributed by atoms with Gasteiger partial charge in [-0.3, -0.25) is 9.59 Å². The van der Waals surface area contributed by atoms with E-state index in [-0.39, 0.29) is 23.5 Å². The molecule has 1 aliphatic carbocycles. The highest BCUT2D eigenvalue weighted by Crippen LogP contribution is 2.39. The Kier molecular flexibility index (Phi) is 7.84. The molecule has 7 nitrogen and oxygen atoms in total. The number of benzene rings is 2. The number of nitrogens with one attached hydrogen (secondary N) is 1. The van der Waals surface area contributed by atoms with Gasteiger partial charge < -0.3 is 19.2 Å². The molecule has 0 radical (unpaired) electrons. The van der Waals surface area contributed by atoms with Crippen LogP contribution in [0.5, 0.6) is 5.75 Å². The van der Waals surface area contributed by atoms with Crippen LogP contribution in [0.4, 0.5) is 5.00 Å². The molecule has 5 rings (SSSR count). The molecule has 1 aliphatic rings. The van der Waals surface area contributed by atoms with Crippen LogP contribution in [0.2, 0.25) is 0 Å². The van der Waals surface area contributed by atoms with Crippen molar-refractivity contribution in [2.24, 2.45) is 0 Å². The van der Waals surface area contributed by atoms with Gasteiger partial charge in [-0.05, 0) is 63.6 Å². The first kappa shape index (κ1) is 26.7. The summed E-state index contributed by atoms with van der Waals surface area (Å²) in [5.41, 5.74) is 3.22. The topological polar surface area (TPSA) is 94.8 Å². The number of amides is 1. The van der Waals surface area contributed by atoms with Crippen molar-refractivity contribution in [3.63, 3.8) is 0 Å². The molecule has 0 bridgehead atoms. The molecule has 0 spiro atoms. The van der Waals surface area contributed by atoms with Crippen LogP contribution in [0.3, 0.4) is 0 Å². The second kappa shape index (κ2) is 11.5. The van der Waals surface area contributed by atoms with Gasteiger partial charge >= 0.3 is 5.97 Å². The number of hydrogen-bond acceptors (Lipinski definition) is 7. The molecule has 2 aromatic carbocycles. The molecule has 202 valence electrons. The van der Waals surface area contributed by atoms with E-state index in [9.17, 15) is 14.4 Å². The van der Waals surface area contributed by atoms with E-state index in [0.717, 1.165) is 41.7 Å². The van der Waals surface area contributed by atoms with Crippen LogP contribution in [-0.2, 0) is 22.4 Å². The van der Waals surface area contributed by atoms with Crippen molar-refractivity contribution >= 4 is 39.2 Å². The minimum Gasteiger partial charge on any atom is -0.473 e. The normalized spacial score (nSPS) is 13.5. The minimum atomic E-state index is -0.993. The van der Waals surface area contributed by atoms with Crippen molar-refractivity contribution in [3.05, 3.63) is 80.3 Å². The second-order valence-electron chi connectivity index (χ2n) is 9.59. The number of fused-ring (bicyclic) bond motifs is 2. The zero-order valence-electron chi connectivity index (χ0n) is 22.3. The molecule has 0 saturated carbocycles. The van der Waals surface area contributed by atoms with Crippen LogP contribution in [-0.4, -0.2) is 24.6 Å². The molecule has 1 N–H and O–H groups in total. The smallest absolute Gasteiger partial charge is 0.341 e. The number of carbonyl (C=O) groups excluding carboxylic acids is 2. The number of rotatable bonds is 8. The van der Waals surface area contributed by atoms with Crippen LogP contribution in [0, 0.1) is 6.92 Å². The zero-order chi connectivity index (χ0) is 27.5. The van der Waals surface area contributed by atoms with Crippen molar-refractivity contribution in [2.45, 2.75) is 59.0 Å². The molecule has 4 aromatic rings. The standard InChI is InChI=1S/C31H31NO6S/c1-4-22(29(34)32-30-25(31(35)36-5-2)21-11-7-9-13-24(21)39-30)37-28-26(33)20-10-6-8-12-23(20)38-27(28)19-16-14-18(3)15-17-19/h6,8,10,12,14-17,22H,4-5,7,9,11,13H2,1-3H3,(H,32,34). The number of hydrogen-bond donors (Lipinski definition) is 1. The Bertz CT molecular complexity index is 1580. The highest BCUT2D eigenvalue weighted by atomic mass is 32.1. The predicted molar refractivity (Wildman–Crippen MR) is 153 cm³/mol. The van der Waals surface area contributed by atoms with Gasteiger partial charge in [0, 0.05) is 10.4 Å². The number of esters is 1. The Morgan fingerprint density at radius 3 is 2.54 bits per heavy atom. The summed E-state index contributed by atoms with van der Waals surface area (Å²) in [6.45, 7) is 5.79. The lowest BCUT2D eigenvalue weighted by Gasteiger charge is -2.19. The maximum Gasteiger partial charge on any atom is 0.341 e. The van der Waals surface area contributed by atoms with Crippen molar-refractivity contribution < 1.29 is 23.5 Å². The van der Waals surface area contributed by atoms with E-state index in [1.54, 1.807) is 31.2 Å². The lowest BCUT2D eigenvalue weighted by Crippen LogP contribution is -2.34. The van der Waals surface area contributed by atoms with E-state index in [0.29, 0.717) is 33.5 Å². The third-order valence-electron chi connectivity index (χ3n) is 6.88. The third-order valence-corrected chi connectivity index (χ3v) is 8.09. The molecule has 39 heavy (non-hydrogen) atoms. The van der Waals surface area contributed by atoms with Gasteiger partial charge in [-0.2, -0.15) is 0 Å². The Morgan fingerprint density at radius 2 is 1.79 bits per heavy atom. The fourth-order valence-electron chi connectivity index (χ4n) is 4.86. The number of thiophene rings is 1. The Morgan fingerprint density at radius 1 is 1.05 bits per heavy atom. The second-order valence-corrected chi connectivity index (χ2v) is 10.7. The van der Waals surface area contributed by atoms with Gasteiger partial charge in [0.1, 0.15) is 10.6 Å². The maximum atomic E-state index is 13.6. The van der Waals surface area contributed by atoms with Gasteiger partial charge in [0.15, 0.2) is 11.9 Å². The van der Waals surface area contributed by atoms with E-state index in [2.05, 4.69) is 5.32 Å². The van der Waals surface area contributed by atoms with Gasteiger partial charge in [0.25, 0.3) is 5.91 Å². The number of anilines is 1. The molecule has 2 heterocycles. The van der Waals surface area contributed by atoms with Crippen LogP contribution >= 0.6 is 11.3 Å². The van der Waals surface area contributed by atoms with Gasteiger partial charge in [-0.1, -0.05) is 48.9 Å². The highest BCUT2D eigenvalue weighted by Gasteiger charge is 2.30. The van der Waals surface area contributed by atoms with Crippen molar-refractivity contribution in [3.8, 4) is 17.1 Å². The monoisotopic (exact) mass is 545 g/mol. The molecular weight excluding hydrogens is 514 g/mol. The number of aryl methyl sites for hydroxylation is 2. The van der Waals surface area contributed by atoms with Gasteiger partial charge in [-0.25, -0.2) is 4.79 Å². The summed E-state index contributed by atoms with van der Waals surface area (Å²) in [4.78, 5) is 41.1. The summed E-state index contributed by atoms with van der Waals surface area (Å²) in [5, 5.41) is 3.76. The molecule has 2 aromatic heterocycles. The summed E-state index contributed by atoms with van der Waals surface area (Å²) < 4.78 is 17.7. The molecular formula is C31H31NO6S. The molecule has 0 fully saturated rings.